The normalized spacial score (nSPS) is 14.6. The third kappa shape index (κ3) is 5.26. The highest BCUT2D eigenvalue weighted by Crippen LogP contribution is 2.28. The molecule has 0 bridgehead atoms. The maximum absolute atomic E-state index is 13.5. The summed E-state index contributed by atoms with van der Waals surface area (Å²) < 4.78 is 21.3. The second kappa shape index (κ2) is 10.0. The summed E-state index contributed by atoms with van der Waals surface area (Å²) in [7, 11) is 0. The molecule has 5 rings (SSSR count). The molecule has 2 aromatic heterocycles. The van der Waals surface area contributed by atoms with Crippen LogP contribution in [0.15, 0.2) is 58.1 Å². The van der Waals surface area contributed by atoms with E-state index in [0.717, 1.165) is 30.2 Å². The van der Waals surface area contributed by atoms with E-state index in [2.05, 4.69) is 25.3 Å². The lowest BCUT2D eigenvalue weighted by Crippen LogP contribution is -2.30. The molecule has 2 aromatic carbocycles. The zero-order valence-corrected chi connectivity index (χ0v) is 19.4. The van der Waals surface area contributed by atoms with Crippen LogP contribution in [0.1, 0.15) is 31.0 Å². The third-order valence-corrected chi connectivity index (χ3v) is 6.65. The summed E-state index contributed by atoms with van der Waals surface area (Å²) >= 11 is 7.40. The van der Waals surface area contributed by atoms with Gasteiger partial charge in [0.05, 0.1) is 12.3 Å². The van der Waals surface area contributed by atoms with Crippen molar-refractivity contribution in [3.8, 4) is 17.1 Å². The van der Waals surface area contributed by atoms with Crippen molar-refractivity contribution in [2.75, 3.05) is 13.1 Å². The molecule has 1 aliphatic rings. The van der Waals surface area contributed by atoms with Gasteiger partial charge in [0.2, 0.25) is 11.8 Å². The highest BCUT2D eigenvalue weighted by atomic mass is 35.5. The van der Waals surface area contributed by atoms with Gasteiger partial charge in [0, 0.05) is 16.3 Å². The zero-order valence-electron chi connectivity index (χ0n) is 17.8. The fourth-order valence-corrected chi connectivity index (χ4v) is 4.74. The summed E-state index contributed by atoms with van der Waals surface area (Å²) in [6.07, 6.45) is 3.66. The summed E-state index contributed by atoms with van der Waals surface area (Å²) in [6, 6.07) is 13.6. The van der Waals surface area contributed by atoms with Crippen molar-refractivity contribution in [3.05, 3.63) is 71.1 Å². The largest absolute Gasteiger partial charge is 0.420 e. The van der Waals surface area contributed by atoms with Crippen LogP contribution in [0.25, 0.3) is 17.1 Å². The maximum atomic E-state index is 13.5. The Kier molecular flexibility index (Phi) is 6.70. The van der Waals surface area contributed by atoms with Crippen molar-refractivity contribution in [1.29, 1.82) is 0 Å². The van der Waals surface area contributed by atoms with Crippen LogP contribution in [0.4, 0.5) is 4.39 Å². The summed E-state index contributed by atoms with van der Waals surface area (Å²) in [5.74, 6) is 1.91. The van der Waals surface area contributed by atoms with Crippen LogP contribution >= 0.6 is 23.4 Å². The molecule has 33 heavy (non-hydrogen) atoms. The van der Waals surface area contributed by atoms with E-state index in [9.17, 15) is 4.39 Å². The van der Waals surface area contributed by atoms with Gasteiger partial charge in [0.15, 0.2) is 11.0 Å². The van der Waals surface area contributed by atoms with Gasteiger partial charge in [-0.25, -0.2) is 4.39 Å². The van der Waals surface area contributed by atoms with E-state index in [0.29, 0.717) is 34.3 Å². The van der Waals surface area contributed by atoms with Gasteiger partial charge in [-0.2, -0.15) is 0 Å². The van der Waals surface area contributed by atoms with Crippen molar-refractivity contribution in [2.24, 2.45) is 0 Å². The molecule has 0 N–H and O–H groups in total. The Hall–Kier alpha value is -2.75. The first-order chi connectivity index (χ1) is 16.2. The van der Waals surface area contributed by atoms with E-state index in [1.54, 1.807) is 24.3 Å². The quantitative estimate of drug-likeness (QED) is 0.326. The Morgan fingerprint density at radius 1 is 0.909 bits per heavy atom. The van der Waals surface area contributed by atoms with E-state index >= 15 is 0 Å². The third-order valence-electron chi connectivity index (χ3n) is 5.48. The number of hydrogen-bond acceptors (Lipinski definition) is 7. The van der Waals surface area contributed by atoms with E-state index in [4.69, 9.17) is 16.0 Å². The lowest BCUT2D eigenvalue weighted by Gasteiger charge is -2.26. The van der Waals surface area contributed by atoms with Crippen molar-refractivity contribution in [1.82, 2.24) is 29.9 Å². The predicted molar refractivity (Wildman–Crippen MR) is 125 cm³/mol. The van der Waals surface area contributed by atoms with Gasteiger partial charge in [-0.05, 0) is 74.5 Å². The Balaban J connectivity index is 1.36. The van der Waals surface area contributed by atoms with Crippen LogP contribution < -0.4 is 0 Å². The number of aromatic nitrogens is 5. The fourth-order valence-electron chi connectivity index (χ4n) is 3.81. The molecule has 0 atom stereocenters. The maximum Gasteiger partial charge on any atom is 0.247 e. The molecular weight excluding hydrogens is 463 g/mol. The summed E-state index contributed by atoms with van der Waals surface area (Å²) in [5.41, 5.74) is 1.63. The van der Waals surface area contributed by atoms with Crippen LogP contribution in [-0.2, 0) is 12.3 Å². The smallest absolute Gasteiger partial charge is 0.247 e. The first kappa shape index (κ1) is 22.1. The Morgan fingerprint density at radius 2 is 1.67 bits per heavy atom. The van der Waals surface area contributed by atoms with Gasteiger partial charge in [-0.3, -0.25) is 9.47 Å². The summed E-state index contributed by atoms with van der Waals surface area (Å²) in [5, 5.41) is 18.5. The molecule has 0 amide bonds. The van der Waals surface area contributed by atoms with Crippen LogP contribution in [0, 0.1) is 5.82 Å². The molecule has 4 aromatic rings. The van der Waals surface area contributed by atoms with Gasteiger partial charge in [0.25, 0.3) is 0 Å². The lowest BCUT2D eigenvalue weighted by atomic mass is 10.1. The molecule has 0 spiro atoms. The Bertz CT molecular complexity index is 1200. The standard InChI is InChI=1S/C23H22ClFN6OS/c24-17-6-4-16(5-7-17)22-28-27-21(32-22)15-33-23-29-26-20(14-30-12-2-1-3-13-30)31(23)19-10-8-18(25)9-11-19/h4-11H,1-3,12-15H2. The van der Waals surface area contributed by atoms with E-state index in [-0.39, 0.29) is 5.82 Å². The lowest BCUT2D eigenvalue weighted by molar-refractivity contribution is 0.214. The Morgan fingerprint density at radius 3 is 2.42 bits per heavy atom. The zero-order chi connectivity index (χ0) is 22.6. The molecular formula is C23H22ClFN6OS. The first-order valence-corrected chi connectivity index (χ1v) is 12.2. The minimum Gasteiger partial charge on any atom is -0.420 e. The molecule has 10 heteroatoms. The average Bonchev–Trinajstić information content (AvgIpc) is 3.47. The number of likely N-dealkylation sites (tertiary alicyclic amines) is 1. The van der Waals surface area contributed by atoms with Gasteiger partial charge in [-0.1, -0.05) is 29.8 Å². The van der Waals surface area contributed by atoms with Crippen molar-refractivity contribution in [2.45, 2.75) is 36.7 Å². The van der Waals surface area contributed by atoms with Gasteiger partial charge in [-0.15, -0.1) is 20.4 Å². The molecule has 1 saturated heterocycles. The molecule has 0 radical (unpaired) electrons. The molecule has 0 saturated carbocycles. The second-order valence-corrected chi connectivity index (χ2v) is 9.22. The highest BCUT2D eigenvalue weighted by molar-refractivity contribution is 7.98. The van der Waals surface area contributed by atoms with Crippen molar-refractivity contribution < 1.29 is 8.81 Å². The van der Waals surface area contributed by atoms with Crippen LogP contribution in [-0.4, -0.2) is 43.0 Å². The van der Waals surface area contributed by atoms with Crippen molar-refractivity contribution in [3.63, 3.8) is 0 Å². The van der Waals surface area contributed by atoms with E-state index in [1.165, 1.54) is 43.2 Å². The molecule has 3 heterocycles. The number of rotatable bonds is 7. The number of thioether (sulfide) groups is 1. The SMILES string of the molecule is Fc1ccc(-n2c(CN3CCCCC3)nnc2SCc2nnc(-c3ccc(Cl)cc3)o2)cc1. The number of benzene rings is 2. The van der Waals surface area contributed by atoms with Crippen LogP contribution in [0.2, 0.25) is 5.02 Å². The minimum atomic E-state index is -0.279. The van der Waals surface area contributed by atoms with E-state index in [1.807, 2.05) is 16.7 Å². The Labute approximate surface area is 200 Å². The average molecular weight is 485 g/mol. The van der Waals surface area contributed by atoms with Gasteiger partial charge < -0.3 is 4.42 Å². The predicted octanol–water partition coefficient (Wildman–Crippen LogP) is 5.39. The number of hydrogen-bond donors (Lipinski definition) is 0. The minimum absolute atomic E-state index is 0.279. The van der Waals surface area contributed by atoms with Gasteiger partial charge in [0.1, 0.15) is 5.82 Å². The monoisotopic (exact) mass is 484 g/mol. The van der Waals surface area contributed by atoms with Crippen LogP contribution in [0.3, 0.4) is 0 Å². The topological polar surface area (TPSA) is 72.9 Å². The van der Waals surface area contributed by atoms with E-state index < -0.39 is 0 Å². The fraction of sp³-hybridized carbons (Fsp3) is 0.304. The summed E-state index contributed by atoms with van der Waals surface area (Å²) in [4.78, 5) is 2.39. The molecule has 0 unspecified atom stereocenters. The number of piperidine rings is 1. The van der Waals surface area contributed by atoms with Crippen LogP contribution in [0.5, 0.6) is 0 Å². The molecule has 1 aliphatic heterocycles. The summed E-state index contributed by atoms with van der Waals surface area (Å²) in [6.45, 7) is 2.80. The highest BCUT2D eigenvalue weighted by Gasteiger charge is 2.20. The number of nitrogens with zero attached hydrogens (tertiary/aromatic N) is 6. The molecule has 0 aliphatic carbocycles. The number of halogens is 2. The van der Waals surface area contributed by atoms with Crippen molar-refractivity contribution >= 4 is 23.4 Å². The van der Waals surface area contributed by atoms with Gasteiger partial charge >= 0.3 is 0 Å². The molecule has 7 nitrogen and oxygen atoms in total. The molecule has 170 valence electrons. The molecule has 1 fully saturated rings. The second-order valence-electron chi connectivity index (χ2n) is 7.84. The first-order valence-electron chi connectivity index (χ1n) is 10.8.